The summed E-state index contributed by atoms with van der Waals surface area (Å²) in [6.07, 6.45) is 1.05. The maximum Gasteiger partial charge on any atom is 0.0346 e. The summed E-state index contributed by atoms with van der Waals surface area (Å²) < 4.78 is 1.34. The van der Waals surface area contributed by atoms with Gasteiger partial charge in [0.25, 0.3) is 0 Å². The molecule has 2 rings (SSSR count). The Kier molecular flexibility index (Phi) is 3.79. The second-order valence-electron chi connectivity index (χ2n) is 6.30. The Hall–Kier alpha value is -0.860. The fourth-order valence-electron chi connectivity index (χ4n) is 2.15. The molecule has 0 saturated carbocycles. The number of fused-ring (bicyclic) bond motifs is 1. The zero-order valence-corrected chi connectivity index (χ0v) is 12.6. The smallest absolute Gasteiger partial charge is 0.0346 e. The summed E-state index contributed by atoms with van der Waals surface area (Å²) in [5.74, 6) is 0.617. The number of rotatable bonds is 3. The highest BCUT2D eigenvalue weighted by Gasteiger charge is 2.23. The molecule has 0 spiro atoms. The van der Waals surface area contributed by atoms with Gasteiger partial charge in [0.1, 0.15) is 0 Å². The van der Waals surface area contributed by atoms with Crippen LogP contribution in [0.2, 0.25) is 0 Å². The molecular weight excluding hydrogens is 238 g/mol. The molecule has 0 fully saturated rings. The summed E-state index contributed by atoms with van der Waals surface area (Å²) in [4.78, 5) is 0. The van der Waals surface area contributed by atoms with Crippen molar-refractivity contribution in [2.45, 2.75) is 40.2 Å². The van der Waals surface area contributed by atoms with Gasteiger partial charge >= 0.3 is 0 Å². The van der Waals surface area contributed by atoms with Crippen molar-refractivity contribution in [3.8, 4) is 0 Å². The third-order valence-corrected chi connectivity index (χ3v) is 4.98. The van der Waals surface area contributed by atoms with Crippen LogP contribution in [0.15, 0.2) is 29.6 Å². The highest BCUT2D eigenvalue weighted by molar-refractivity contribution is 7.17. The highest BCUT2D eigenvalue weighted by Crippen LogP contribution is 2.36. The van der Waals surface area contributed by atoms with Crippen LogP contribution in [0.1, 0.15) is 45.7 Å². The van der Waals surface area contributed by atoms with Gasteiger partial charge in [-0.15, -0.1) is 11.3 Å². The Labute approximate surface area is 114 Å². The maximum absolute atomic E-state index is 6.41. The zero-order valence-electron chi connectivity index (χ0n) is 11.7. The van der Waals surface area contributed by atoms with Gasteiger partial charge in [-0.1, -0.05) is 45.9 Å². The van der Waals surface area contributed by atoms with Gasteiger partial charge in [0.05, 0.1) is 0 Å². The normalized spacial score (nSPS) is 15.8. The monoisotopic (exact) mass is 261 g/mol. The third kappa shape index (κ3) is 2.76. The number of thiophene rings is 1. The topological polar surface area (TPSA) is 26.0 Å². The van der Waals surface area contributed by atoms with Crippen LogP contribution in [-0.4, -0.2) is 0 Å². The lowest BCUT2D eigenvalue weighted by Gasteiger charge is -2.29. The van der Waals surface area contributed by atoms with E-state index in [1.807, 2.05) is 0 Å². The molecule has 0 amide bonds. The van der Waals surface area contributed by atoms with Crippen LogP contribution in [-0.2, 0) is 0 Å². The van der Waals surface area contributed by atoms with Crippen molar-refractivity contribution in [3.05, 3.63) is 35.2 Å². The summed E-state index contributed by atoms with van der Waals surface area (Å²) in [7, 11) is 0. The Morgan fingerprint density at radius 1 is 1.22 bits per heavy atom. The molecule has 98 valence electrons. The highest BCUT2D eigenvalue weighted by atomic mass is 32.1. The summed E-state index contributed by atoms with van der Waals surface area (Å²) in [6.45, 7) is 9.16. The fraction of sp³-hybridized carbons (Fsp3) is 0.500. The first-order valence-electron chi connectivity index (χ1n) is 6.61. The average Bonchev–Trinajstić information content (AvgIpc) is 2.71. The van der Waals surface area contributed by atoms with Crippen LogP contribution in [0.4, 0.5) is 0 Å². The lowest BCUT2D eigenvalue weighted by molar-refractivity contribution is 0.234. The van der Waals surface area contributed by atoms with Crippen molar-refractivity contribution in [2.75, 3.05) is 0 Å². The van der Waals surface area contributed by atoms with Crippen LogP contribution in [0.25, 0.3) is 10.1 Å². The number of benzene rings is 1. The predicted octanol–water partition coefficient (Wildman–Crippen LogP) is 4.97. The molecule has 1 heterocycles. The molecule has 0 saturated heterocycles. The Morgan fingerprint density at radius 3 is 2.56 bits per heavy atom. The van der Waals surface area contributed by atoms with Crippen LogP contribution < -0.4 is 5.73 Å². The fourth-order valence-corrected chi connectivity index (χ4v) is 3.17. The first-order valence-corrected chi connectivity index (χ1v) is 7.49. The summed E-state index contributed by atoms with van der Waals surface area (Å²) in [6, 6.07) is 8.69. The van der Waals surface area contributed by atoms with Gasteiger partial charge in [0, 0.05) is 10.7 Å². The molecule has 2 unspecified atom stereocenters. The van der Waals surface area contributed by atoms with E-state index in [1.165, 1.54) is 15.6 Å². The van der Waals surface area contributed by atoms with E-state index in [-0.39, 0.29) is 6.04 Å². The first kappa shape index (κ1) is 13.6. The molecule has 0 radical (unpaired) electrons. The quantitative estimate of drug-likeness (QED) is 0.829. The number of nitrogens with two attached hydrogens (primary N) is 1. The van der Waals surface area contributed by atoms with Gasteiger partial charge < -0.3 is 5.73 Å². The van der Waals surface area contributed by atoms with E-state index in [4.69, 9.17) is 5.73 Å². The van der Waals surface area contributed by atoms with Crippen molar-refractivity contribution in [1.29, 1.82) is 0 Å². The minimum Gasteiger partial charge on any atom is -0.324 e. The van der Waals surface area contributed by atoms with Gasteiger partial charge in [-0.25, -0.2) is 0 Å². The lowest BCUT2D eigenvalue weighted by Crippen LogP contribution is -2.23. The molecule has 0 aliphatic carbocycles. The largest absolute Gasteiger partial charge is 0.324 e. The zero-order chi connectivity index (χ0) is 13.3. The van der Waals surface area contributed by atoms with Crippen LogP contribution in [0.5, 0.6) is 0 Å². The van der Waals surface area contributed by atoms with E-state index in [0.717, 1.165) is 6.42 Å². The molecule has 2 heteroatoms. The number of hydrogen-bond acceptors (Lipinski definition) is 2. The van der Waals surface area contributed by atoms with Crippen LogP contribution in [0, 0.1) is 11.3 Å². The number of hydrogen-bond donors (Lipinski definition) is 1. The van der Waals surface area contributed by atoms with E-state index >= 15 is 0 Å². The molecule has 2 atom stereocenters. The van der Waals surface area contributed by atoms with E-state index in [0.29, 0.717) is 11.3 Å². The average molecular weight is 261 g/mol. The summed E-state index contributed by atoms with van der Waals surface area (Å²) in [5.41, 5.74) is 8.04. The molecule has 1 nitrogen and oxygen atoms in total. The molecule has 0 aliphatic heterocycles. The summed E-state index contributed by atoms with van der Waals surface area (Å²) >= 11 is 1.80. The minimum atomic E-state index is 0.148. The Morgan fingerprint density at radius 2 is 1.89 bits per heavy atom. The third-order valence-electron chi connectivity index (χ3n) is 4.00. The van der Waals surface area contributed by atoms with Gasteiger partial charge in [0.2, 0.25) is 0 Å². The van der Waals surface area contributed by atoms with E-state index in [9.17, 15) is 0 Å². The van der Waals surface area contributed by atoms with Crippen LogP contribution >= 0.6 is 11.3 Å². The Bertz CT molecular complexity index is 521. The van der Waals surface area contributed by atoms with E-state index in [2.05, 4.69) is 57.3 Å². The lowest BCUT2D eigenvalue weighted by atomic mass is 9.78. The molecule has 1 aromatic carbocycles. The predicted molar refractivity (Wildman–Crippen MR) is 82.0 cm³/mol. The van der Waals surface area contributed by atoms with Gasteiger partial charge in [0.15, 0.2) is 0 Å². The van der Waals surface area contributed by atoms with Gasteiger partial charge in [-0.05, 0) is 40.1 Å². The standard InChI is InChI=1S/C16H23NS/c1-11(16(2,3)4)9-14(17)13-10-18-15-8-6-5-7-12(13)15/h5-8,10-11,14H,9,17H2,1-4H3. The van der Waals surface area contributed by atoms with Gasteiger partial charge in [-0.2, -0.15) is 0 Å². The second kappa shape index (κ2) is 5.02. The van der Waals surface area contributed by atoms with Crippen molar-refractivity contribution in [3.63, 3.8) is 0 Å². The molecule has 0 aliphatic rings. The van der Waals surface area contributed by atoms with Crippen LogP contribution in [0.3, 0.4) is 0 Å². The second-order valence-corrected chi connectivity index (χ2v) is 7.21. The van der Waals surface area contributed by atoms with Crippen molar-refractivity contribution in [1.82, 2.24) is 0 Å². The minimum absolute atomic E-state index is 0.148. The molecule has 18 heavy (non-hydrogen) atoms. The molecule has 2 N–H and O–H groups in total. The molecular formula is C16H23NS. The van der Waals surface area contributed by atoms with Gasteiger partial charge in [-0.3, -0.25) is 0 Å². The Balaban J connectivity index is 2.21. The summed E-state index contributed by atoms with van der Waals surface area (Å²) in [5, 5.41) is 3.56. The van der Waals surface area contributed by atoms with E-state index in [1.54, 1.807) is 11.3 Å². The van der Waals surface area contributed by atoms with Crippen molar-refractivity contribution >= 4 is 21.4 Å². The van der Waals surface area contributed by atoms with E-state index < -0.39 is 0 Å². The first-order chi connectivity index (χ1) is 8.39. The molecule has 1 aromatic heterocycles. The maximum atomic E-state index is 6.41. The van der Waals surface area contributed by atoms with Crippen molar-refractivity contribution in [2.24, 2.45) is 17.1 Å². The van der Waals surface area contributed by atoms with Crippen molar-refractivity contribution < 1.29 is 0 Å². The SMILES string of the molecule is CC(CC(N)c1csc2ccccc12)C(C)(C)C. The molecule has 0 bridgehead atoms. The molecule has 2 aromatic rings.